The van der Waals surface area contributed by atoms with Crippen LogP contribution < -0.4 is 0 Å². The largest absolute Gasteiger partial charge is 0.383 e. The Morgan fingerprint density at radius 3 is 3.26 bits per heavy atom. The van der Waals surface area contributed by atoms with E-state index < -0.39 is 0 Å². The van der Waals surface area contributed by atoms with Gasteiger partial charge >= 0.3 is 0 Å². The summed E-state index contributed by atoms with van der Waals surface area (Å²) in [5.74, 6) is 0.343. The maximum atomic E-state index is 12.3. The molecule has 0 aromatic carbocycles. The number of amides is 1. The molecule has 0 bridgehead atoms. The van der Waals surface area contributed by atoms with Gasteiger partial charge in [-0.15, -0.1) is 0 Å². The van der Waals surface area contributed by atoms with Crippen molar-refractivity contribution in [3.05, 3.63) is 18.0 Å². The predicted octanol–water partition coefficient (Wildman–Crippen LogP) is 0.638. The molecule has 2 heterocycles. The zero-order valence-electron chi connectivity index (χ0n) is 11.5. The number of nitrogens with zero attached hydrogens (tertiary/aromatic N) is 3. The van der Waals surface area contributed by atoms with E-state index >= 15 is 0 Å². The van der Waals surface area contributed by atoms with Gasteiger partial charge in [0.15, 0.2) is 0 Å². The van der Waals surface area contributed by atoms with Crippen LogP contribution in [-0.2, 0) is 16.0 Å². The molecule has 6 nitrogen and oxygen atoms in total. The van der Waals surface area contributed by atoms with Crippen molar-refractivity contribution in [2.75, 3.05) is 40.0 Å². The fraction of sp³-hybridized carbons (Fsp3) is 0.692. The fourth-order valence-electron chi connectivity index (χ4n) is 2.11. The van der Waals surface area contributed by atoms with Gasteiger partial charge in [0.25, 0.3) is 5.91 Å². The van der Waals surface area contributed by atoms with E-state index in [4.69, 9.17) is 9.47 Å². The minimum atomic E-state index is -0.0199. The SMILES string of the molecule is COCCn1ccc(C(=O)N2CCOCC(C)C2)n1. The maximum Gasteiger partial charge on any atom is 0.274 e. The molecule has 0 saturated carbocycles. The Hall–Kier alpha value is -1.40. The van der Waals surface area contributed by atoms with Crippen LogP contribution in [0.25, 0.3) is 0 Å². The van der Waals surface area contributed by atoms with Crippen LogP contribution in [0.15, 0.2) is 12.3 Å². The summed E-state index contributed by atoms with van der Waals surface area (Å²) in [4.78, 5) is 14.2. The van der Waals surface area contributed by atoms with Gasteiger partial charge in [-0.05, 0) is 12.0 Å². The Labute approximate surface area is 113 Å². The standard InChI is InChI=1S/C13H21N3O3/c1-11-9-15(5-8-19-10-11)13(17)12-3-4-16(14-12)6-7-18-2/h3-4,11H,5-10H2,1-2H3. The number of aromatic nitrogens is 2. The van der Waals surface area contributed by atoms with Crippen LogP contribution in [0.3, 0.4) is 0 Å². The first-order valence-corrected chi connectivity index (χ1v) is 6.60. The van der Waals surface area contributed by atoms with Crippen molar-refractivity contribution in [2.24, 2.45) is 5.92 Å². The number of carbonyl (C=O) groups excluding carboxylic acids is 1. The second kappa shape index (κ2) is 6.68. The van der Waals surface area contributed by atoms with Crippen molar-refractivity contribution < 1.29 is 14.3 Å². The molecular formula is C13H21N3O3. The predicted molar refractivity (Wildman–Crippen MR) is 70.0 cm³/mol. The van der Waals surface area contributed by atoms with Gasteiger partial charge < -0.3 is 14.4 Å². The number of hydrogen-bond donors (Lipinski definition) is 0. The Bertz CT molecular complexity index is 419. The van der Waals surface area contributed by atoms with Gasteiger partial charge in [0.1, 0.15) is 5.69 Å². The Morgan fingerprint density at radius 2 is 2.47 bits per heavy atom. The van der Waals surface area contributed by atoms with Crippen LogP contribution in [0, 0.1) is 5.92 Å². The smallest absolute Gasteiger partial charge is 0.274 e. The Balaban J connectivity index is 1.99. The molecule has 1 aromatic rings. The molecule has 0 aliphatic carbocycles. The van der Waals surface area contributed by atoms with E-state index in [1.807, 2.05) is 11.1 Å². The minimum absolute atomic E-state index is 0.0199. The normalized spacial score (nSPS) is 20.3. The number of ether oxygens (including phenoxy) is 2. The van der Waals surface area contributed by atoms with E-state index in [0.717, 1.165) is 6.54 Å². The monoisotopic (exact) mass is 267 g/mol. The zero-order valence-corrected chi connectivity index (χ0v) is 11.5. The summed E-state index contributed by atoms with van der Waals surface area (Å²) in [6.45, 7) is 6.00. The minimum Gasteiger partial charge on any atom is -0.383 e. The van der Waals surface area contributed by atoms with Gasteiger partial charge in [0.2, 0.25) is 0 Å². The maximum absolute atomic E-state index is 12.3. The zero-order chi connectivity index (χ0) is 13.7. The second-order valence-corrected chi connectivity index (χ2v) is 4.89. The summed E-state index contributed by atoms with van der Waals surface area (Å²) < 4.78 is 12.2. The Morgan fingerprint density at radius 1 is 1.63 bits per heavy atom. The van der Waals surface area contributed by atoms with E-state index in [1.54, 1.807) is 17.9 Å². The molecule has 1 aromatic heterocycles. The number of methoxy groups -OCH3 is 1. The lowest BCUT2D eigenvalue weighted by Gasteiger charge is -2.20. The highest BCUT2D eigenvalue weighted by Crippen LogP contribution is 2.10. The van der Waals surface area contributed by atoms with Crippen LogP contribution >= 0.6 is 0 Å². The van der Waals surface area contributed by atoms with E-state index in [1.165, 1.54) is 0 Å². The average molecular weight is 267 g/mol. The topological polar surface area (TPSA) is 56.6 Å². The first kappa shape index (κ1) is 14.0. The van der Waals surface area contributed by atoms with Gasteiger partial charge in [-0.1, -0.05) is 6.92 Å². The van der Waals surface area contributed by atoms with E-state index in [0.29, 0.717) is 44.5 Å². The van der Waals surface area contributed by atoms with E-state index in [2.05, 4.69) is 12.0 Å². The molecule has 0 spiro atoms. The molecule has 1 atom stereocenters. The van der Waals surface area contributed by atoms with Gasteiger partial charge in [-0.25, -0.2) is 0 Å². The molecule has 1 fully saturated rings. The third-order valence-electron chi connectivity index (χ3n) is 3.11. The summed E-state index contributed by atoms with van der Waals surface area (Å²) >= 11 is 0. The van der Waals surface area contributed by atoms with Crippen LogP contribution in [0.2, 0.25) is 0 Å². The van der Waals surface area contributed by atoms with Gasteiger partial charge in [0, 0.05) is 26.4 Å². The number of hydrogen-bond acceptors (Lipinski definition) is 4. The lowest BCUT2D eigenvalue weighted by molar-refractivity contribution is 0.0731. The van der Waals surface area contributed by atoms with Crippen LogP contribution in [0.1, 0.15) is 17.4 Å². The molecule has 1 unspecified atom stereocenters. The molecule has 106 valence electrons. The fourth-order valence-corrected chi connectivity index (χ4v) is 2.11. The molecule has 2 rings (SSSR count). The lowest BCUT2D eigenvalue weighted by Crippen LogP contribution is -2.35. The highest BCUT2D eigenvalue weighted by atomic mass is 16.5. The number of rotatable bonds is 4. The first-order chi connectivity index (χ1) is 9.20. The summed E-state index contributed by atoms with van der Waals surface area (Å²) in [6, 6.07) is 1.76. The van der Waals surface area contributed by atoms with Crippen LogP contribution in [0.5, 0.6) is 0 Å². The van der Waals surface area contributed by atoms with Crippen molar-refractivity contribution in [3.8, 4) is 0 Å². The van der Waals surface area contributed by atoms with Crippen molar-refractivity contribution in [3.63, 3.8) is 0 Å². The van der Waals surface area contributed by atoms with Gasteiger partial charge in [0.05, 0.1) is 26.4 Å². The highest BCUT2D eigenvalue weighted by molar-refractivity contribution is 5.92. The molecule has 0 N–H and O–H groups in total. The third-order valence-corrected chi connectivity index (χ3v) is 3.11. The van der Waals surface area contributed by atoms with E-state index in [9.17, 15) is 4.79 Å². The molecule has 1 aliphatic rings. The molecule has 1 saturated heterocycles. The van der Waals surface area contributed by atoms with Gasteiger partial charge in [-0.3, -0.25) is 9.48 Å². The lowest BCUT2D eigenvalue weighted by atomic mass is 10.2. The van der Waals surface area contributed by atoms with Crippen molar-refractivity contribution in [1.29, 1.82) is 0 Å². The summed E-state index contributed by atoms with van der Waals surface area (Å²) in [5.41, 5.74) is 0.491. The second-order valence-electron chi connectivity index (χ2n) is 4.89. The summed E-state index contributed by atoms with van der Waals surface area (Å²) in [7, 11) is 1.65. The molecule has 19 heavy (non-hydrogen) atoms. The van der Waals surface area contributed by atoms with Gasteiger partial charge in [-0.2, -0.15) is 5.10 Å². The molecule has 0 radical (unpaired) electrons. The molecule has 1 aliphatic heterocycles. The van der Waals surface area contributed by atoms with Crippen molar-refractivity contribution in [1.82, 2.24) is 14.7 Å². The third kappa shape index (κ3) is 3.78. The van der Waals surface area contributed by atoms with Crippen LogP contribution in [0.4, 0.5) is 0 Å². The summed E-state index contributed by atoms with van der Waals surface area (Å²) in [6.07, 6.45) is 1.81. The van der Waals surface area contributed by atoms with E-state index in [-0.39, 0.29) is 5.91 Å². The Kier molecular flexibility index (Phi) is 4.93. The van der Waals surface area contributed by atoms with Crippen molar-refractivity contribution >= 4 is 5.91 Å². The molecule has 1 amide bonds. The quantitative estimate of drug-likeness (QED) is 0.803. The first-order valence-electron chi connectivity index (χ1n) is 6.60. The summed E-state index contributed by atoms with van der Waals surface area (Å²) in [5, 5.41) is 4.28. The highest BCUT2D eigenvalue weighted by Gasteiger charge is 2.22. The average Bonchev–Trinajstić information content (AvgIpc) is 2.77. The molecule has 6 heteroatoms. The number of carbonyl (C=O) groups is 1. The molecular weight excluding hydrogens is 246 g/mol. The van der Waals surface area contributed by atoms with Crippen LogP contribution in [-0.4, -0.2) is 60.6 Å². The van der Waals surface area contributed by atoms with Crippen molar-refractivity contribution in [2.45, 2.75) is 13.5 Å².